The van der Waals surface area contributed by atoms with Gasteiger partial charge in [0.2, 0.25) is 0 Å². The first kappa shape index (κ1) is 31.4. The van der Waals surface area contributed by atoms with Gasteiger partial charge in [0.25, 0.3) is 0 Å². The Morgan fingerprint density at radius 3 is 2.33 bits per heavy atom. The second-order valence-electron chi connectivity index (χ2n) is 14.9. The molecule has 5 rings (SSSR count). The Morgan fingerprint density at radius 1 is 1.07 bits per heavy atom. The van der Waals surface area contributed by atoms with Gasteiger partial charge < -0.3 is 5.11 Å². The van der Waals surface area contributed by atoms with E-state index in [0.717, 1.165) is 71.9 Å². The number of hydrogen-bond donors (Lipinski definition) is 1. The maximum absolute atomic E-state index is 14.9. The van der Waals surface area contributed by atoms with Gasteiger partial charge >= 0.3 is 0 Å². The third kappa shape index (κ3) is 4.74. The van der Waals surface area contributed by atoms with Crippen LogP contribution in [0.3, 0.4) is 0 Å². The van der Waals surface area contributed by atoms with E-state index in [1.807, 2.05) is 13.0 Å². The van der Waals surface area contributed by atoms with Crippen LogP contribution in [-0.4, -0.2) is 22.8 Å². The van der Waals surface area contributed by atoms with Crippen molar-refractivity contribution in [2.45, 2.75) is 113 Å². The third-order valence-electron chi connectivity index (χ3n) is 11.7. The van der Waals surface area contributed by atoms with Crippen LogP contribution in [-0.2, 0) is 17.6 Å². The Bertz CT molecular complexity index is 1590. The average molecular weight is 579 g/mol. The quantitative estimate of drug-likeness (QED) is 0.356. The summed E-state index contributed by atoms with van der Waals surface area (Å²) in [5.74, 6) is 0.360. The number of benzene rings is 2. The van der Waals surface area contributed by atoms with Gasteiger partial charge in [-0.15, -0.1) is 0 Å². The van der Waals surface area contributed by atoms with Gasteiger partial charge in [-0.3, -0.25) is 9.59 Å². The molecule has 3 nitrogen and oxygen atoms in total. The Kier molecular flexibility index (Phi) is 7.91. The minimum Gasteiger partial charge on any atom is -0.387 e. The van der Waals surface area contributed by atoms with E-state index in [4.69, 9.17) is 0 Å². The molecule has 0 aliphatic heterocycles. The fourth-order valence-electron chi connectivity index (χ4n) is 9.38. The van der Waals surface area contributed by atoms with E-state index < -0.39 is 11.5 Å². The highest BCUT2D eigenvalue weighted by Gasteiger charge is 2.63. The van der Waals surface area contributed by atoms with Crippen LogP contribution in [0, 0.1) is 23.2 Å². The van der Waals surface area contributed by atoms with E-state index in [1.165, 1.54) is 22.3 Å². The summed E-state index contributed by atoms with van der Waals surface area (Å²) in [6, 6.07) is 12.8. The van der Waals surface area contributed by atoms with E-state index in [2.05, 4.69) is 85.4 Å². The van der Waals surface area contributed by atoms with E-state index in [-0.39, 0.29) is 22.4 Å². The zero-order chi connectivity index (χ0) is 31.6. The monoisotopic (exact) mass is 578 g/mol. The molecule has 0 bridgehead atoms. The molecule has 2 aromatic carbocycles. The zero-order valence-electron chi connectivity index (χ0n) is 27.8. The minimum atomic E-state index is -0.925. The molecule has 4 unspecified atom stereocenters. The number of aliphatic hydroxyl groups is 1. The van der Waals surface area contributed by atoms with Crippen molar-refractivity contribution in [2.24, 2.45) is 16.2 Å². The predicted octanol–water partition coefficient (Wildman–Crippen LogP) is 9.30. The van der Waals surface area contributed by atoms with Gasteiger partial charge in [0.1, 0.15) is 0 Å². The van der Waals surface area contributed by atoms with Gasteiger partial charge in [-0.25, -0.2) is 0 Å². The Hall–Kier alpha value is -3.04. The van der Waals surface area contributed by atoms with Gasteiger partial charge in [0, 0.05) is 27.5 Å². The first-order chi connectivity index (χ1) is 20.1. The van der Waals surface area contributed by atoms with Crippen molar-refractivity contribution in [3.05, 3.63) is 98.7 Å². The second-order valence-corrected chi connectivity index (χ2v) is 14.9. The number of ketones is 2. The average Bonchev–Trinajstić information content (AvgIpc) is 2.91. The van der Waals surface area contributed by atoms with Crippen LogP contribution in [0.4, 0.5) is 0 Å². The molecule has 0 fully saturated rings. The Balaban J connectivity index is 1.59. The number of allylic oxidation sites excluding steroid dienone is 3. The summed E-state index contributed by atoms with van der Waals surface area (Å²) in [6.45, 7) is 23.2. The molecule has 4 atom stereocenters. The smallest absolute Gasteiger partial charge is 0.190 e. The fourth-order valence-corrected chi connectivity index (χ4v) is 9.38. The maximum Gasteiger partial charge on any atom is 0.190 e. The topological polar surface area (TPSA) is 54.4 Å². The van der Waals surface area contributed by atoms with Gasteiger partial charge in [-0.2, -0.15) is 0 Å². The number of carbonyl (C=O) groups excluding carboxylic acids is 2. The van der Waals surface area contributed by atoms with E-state index in [1.54, 1.807) is 6.92 Å². The van der Waals surface area contributed by atoms with E-state index >= 15 is 0 Å². The number of Topliss-reactive ketones (excluding diaryl/α,β-unsaturated/α-hetero) is 2. The highest BCUT2D eigenvalue weighted by molar-refractivity contribution is 6.14. The SMILES string of the molecule is C=C(CCCc1cc(C(C)C)c2c(c1C)C(=O)C1=C(C)C3(C)C(O)C(C(C)=O)=C(C)CC3(C)CC1(C)C2)c1ccccc1. The molecule has 0 aromatic heterocycles. The van der Waals surface area contributed by atoms with Crippen molar-refractivity contribution >= 4 is 17.1 Å². The third-order valence-corrected chi connectivity index (χ3v) is 11.7. The second kappa shape index (κ2) is 10.8. The Labute approximate surface area is 259 Å². The highest BCUT2D eigenvalue weighted by Crippen LogP contribution is 2.67. The molecule has 228 valence electrons. The molecular weight excluding hydrogens is 528 g/mol. The lowest BCUT2D eigenvalue weighted by Gasteiger charge is -2.62. The molecule has 2 aromatic rings. The van der Waals surface area contributed by atoms with Crippen molar-refractivity contribution in [3.8, 4) is 0 Å². The normalized spacial score (nSPS) is 28.5. The van der Waals surface area contributed by atoms with Crippen LogP contribution in [0.25, 0.3) is 5.57 Å². The zero-order valence-corrected chi connectivity index (χ0v) is 27.8. The van der Waals surface area contributed by atoms with Crippen LogP contribution in [0.2, 0.25) is 0 Å². The summed E-state index contributed by atoms with van der Waals surface area (Å²) in [7, 11) is 0. The van der Waals surface area contributed by atoms with Gasteiger partial charge in [0.05, 0.1) is 6.10 Å². The largest absolute Gasteiger partial charge is 0.387 e. The van der Waals surface area contributed by atoms with Crippen molar-refractivity contribution in [3.63, 3.8) is 0 Å². The van der Waals surface area contributed by atoms with Crippen molar-refractivity contribution in [1.82, 2.24) is 0 Å². The first-order valence-electron chi connectivity index (χ1n) is 16.1. The number of hydrogen-bond acceptors (Lipinski definition) is 3. The van der Waals surface area contributed by atoms with Gasteiger partial charge in [-0.1, -0.05) is 88.7 Å². The fraction of sp³-hybridized carbons (Fsp3) is 0.500. The molecule has 3 aliphatic rings. The summed E-state index contributed by atoms with van der Waals surface area (Å²) in [5.41, 5.74) is 10.1. The summed E-state index contributed by atoms with van der Waals surface area (Å²) in [5, 5.41) is 11.9. The molecule has 0 saturated carbocycles. The molecule has 0 saturated heterocycles. The molecule has 0 spiro atoms. The standard InChI is InChI=1S/C40H50O3/c1-23(2)31-19-30(18-14-15-24(3)29-16-12-11-13-17-29)26(5)34-32(31)21-38(8)22-39(9)20-25(4)33(28(7)41)37(43)40(39,10)27(6)35(38)36(34)42/h11-13,16-17,19,23,37,43H,3,14-15,18,20-22H2,1-2,4-10H3. The maximum atomic E-state index is 14.9. The van der Waals surface area contributed by atoms with Crippen molar-refractivity contribution < 1.29 is 14.7 Å². The first-order valence-corrected chi connectivity index (χ1v) is 16.1. The summed E-state index contributed by atoms with van der Waals surface area (Å²) >= 11 is 0. The van der Waals surface area contributed by atoms with Crippen molar-refractivity contribution in [1.29, 1.82) is 0 Å². The predicted molar refractivity (Wildman–Crippen MR) is 177 cm³/mol. The number of aryl methyl sites for hydroxylation is 1. The number of rotatable bonds is 7. The van der Waals surface area contributed by atoms with Crippen LogP contribution in [0.5, 0.6) is 0 Å². The molecule has 0 heterocycles. The number of carbonyl (C=O) groups is 2. The van der Waals surface area contributed by atoms with Gasteiger partial charge in [0.15, 0.2) is 11.6 Å². The lowest BCUT2D eigenvalue weighted by atomic mass is 9.42. The summed E-state index contributed by atoms with van der Waals surface area (Å²) < 4.78 is 0. The lowest BCUT2D eigenvalue weighted by Crippen LogP contribution is -2.58. The number of aliphatic hydroxyl groups excluding tert-OH is 1. The van der Waals surface area contributed by atoms with Crippen LogP contribution >= 0.6 is 0 Å². The van der Waals surface area contributed by atoms with Crippen molar-refractivity contribution in [2.75, 3.05) is 0 Å². The van der Waals surface area contributed by atoms with Crippen LogP contribution < -0.4 is 0 Å². The van der Waals surface area contributed by atoms with E-state index in [9.17, 15) is 14.7 Å². The molecule has 0 amide bonds. The Morgan fingerprint density at radius 2 is 1.72 bits per heavy atom. The van der Waals surface area contributed by atoms with Crippen LogP contribution in [0.15, 0.2) is 65.3 Å². The van der Waals surface area contributed by atoms with E-state index in [0.29, 0.717) is 11.5 Å². The van der Waals surface area contributed by atoms with Crippen LogP contribution in [0.1, 0.15) is 125 Å². The summed E-state index contributed by atoms with van der Waals surface area (Å²) in [6.07, 6.45) is 4.23. The minimum absolute atomic E-state index is 0.0725. The molecular formula is C40H50O3. The highest BCUT2D eigenvalue weighted by atomic mass is 16.3. The molecule has 3 aliphatic carbocycles. The number of fused-ring (bicyclic) bond motifs is 3. The lowest BCUT2D eigenvalue weighted by molar-refractivity contribution is -0.118. The molecule has 0 radical (unpaired) electrons. The summed E-state index contributed by atoms with van der Waals surface area (Å²) in [4.78, 5) is 27.6. The molecule has 43 heavy (non-hydrogen) atoms. The molecule has 3 heteroatoms. The molecule has 1 N–H and O–H groups in total. The van der Waals surface area contributed by atoms with Gasteiger partial charge in [-0.05, 0) is 111 Å².